The minimum Gasteiger partial charge on any atom is -0.381 e. The summed E-state index contributed by atoms with van der Waals surface area (Å²) in [6, 6.07) is 12.6. The van der Waals surface area contributed by atoms with Crippen LogP contribution in [0.4, 0.5) is 0 Å². The molecule has 0 fully saturated rings. The smallest absolute Gasteiger partial charge is 0.191 e. The zero-order chi connectivity index (χ0) is 16.9. The van der Waals surface area contributed by atoms with Crippen LogP contribution in [0.1, 0.15) is 24.5 Å². The lowest BCUT2D eigenvalue weighted by atomic mass is 10.2. The Kier molecular flexibility index (Phi) is 8.97. The van der Waals surface area contributed by atoms with Gasteiger partial charge in [-0.05, 0) is 47.7 Å². The van der Waals surface area contributed by atoms with E-state index in [1.54, 1.807) is 11.3 Å². The molecule has 24 heavy (non-hydrogen) atoms. The van der Waals surface area contributed by atoms with Crippen molar-refractivity contribution in [2.75, 3.05) is 26.3 Å². The average molecular weight is 346 g/mol. The number of ether oxygens (including phenoxy) is 1. The number of nitrogens with one attached hydrogen (secondary N) is 2. The third kappa shape index (κ3) is 7.62. The van der Waals surface area contributed by atoms with Gasteiger partial charge < -0.3 is 15.4 Å². The fraction of sp³-hybridized carbons (Fsp3) is 0.421. The number of nitrogens with zero attached hydrogens (tertiary/aromatic N) is 1. The number of rotatable bonds is 10. The third-order valence-corrected chi connectivity index (χ3v) is 4.21. The van der Waals surface area contributed by atoms with Crippen molar-refractivity contribution >= 4 is 17.3 Å². The van der Waals surface area contributed by atoms with E-state index in [0.717, 1.165) is 45.1 Å². The summed E-state index contributed by atoms with van der Waals surface area (Å²) in [5, 5.41) is 10.8. The molecule has 0 bridgehead atoms. The minimum atomic E-state index is 0.715. The van der Waals surface area contributed by atoms with Gasteiger partial charge in [0.05, 0.1) is 13.2 Å². The van der Waals surface area contributed by atoms with Crippen LogP contribution in [-0.2, 0) is 17.7 Å². The Morgan fingerprint density at radius 2 is 1.96 bits per heavy atom. The van der Waals surface area contributed by atoms with E-state index in [1.165, 1.54) is 11.1 Å². The fourth-order valence-electron chi connectivity index (χ4n) is 2.21. The molecule has 0 spiro atoms. The highest BCUT2D eigenvalue weighted by Crippen LogP contribution is 2.06. The van der Waals surface area contributed by atoms with Crippen LogP contribution in [0, 0.1) is 0 Å². The van der Waals surface area contributed by atoms with Crippen molar-refractivity contribution in [3.63, 3.8) is 0 Å². The molecule has 2 rings (SSSR count). The van der Waals surface area contributed by atoms with Crippen LogP contribution in [0.5, 0.6) is 0 Å². The van der Waals surface area contributed by atoms with Gasteiger partial charge in [-0.1, -0.05) is 30.3 Å². The molecule has 0 aliphatic carbocycles. The Hall–Kier alpha value is -1.85. The first kappa shape index (κ1) is 18.5. The number of aliphatic imine (C=N–C) groups is 1. The Bertz CT molecular complexity index is 570. The molecule has 1 aromatic carbocycles. The topological polar surface area (TPSA) is 45.7 Å². The number of guanidine groups is 1. The number of hydrogen-bond acceptors (Lipinski definition) is 3. The highest BCUT2D eigenvalue weighted by Gasteiger charge is 1.98. The summed E-state index contributed by atoms with van der Waals surface area (Å²) >= 11 is 1.71. The molecule has 2 aromatic rings. The van der Waals surface area contributed by atoms with Crippen LogP contribution in [0.2, 0.25) is 0 Å². The molecule has 5 heteroatoms. The van der Waals surface area contributed by atoms with Gasteiger partial charge in [0.15, 0.2) is 5.96 Å². The lowest BCUT2D eigenvalue weighted by molar-refractivity contribution is 0.135. The normalized spacial score (nSPS) is 11.5. The lowest BCUT2D eigenvalue weighted by Crippen LogP contribution is -2.38. The second-order valence-corrected chi connectivity index (χ2v) is 6.24. The molecule has 1 aromatic heterocycles. The van der Waals surface area contributed by atoms with Crippen molar-refractivity contribution < 1.29 is 4.74 Å². The summed E-state index contributed by atoms with van der Waals surface area (Å²) in [6.45, 7) is 6.06. The molecule has 4 nitrogen and oxygen atoms in total. The van der Waals surface area contributed by atoms with Gasteiger partial charge in [-0.2, -0.15) is 11.3 Å². The minimum absolute atomic E-state index is 0.715. The maximum absolute atomic E-state index is 5.70. The molecule has 0 saturated heterocycles. The maximum atomic E-state index is 5.70. The van der Waals surface area contributed by atoms with E-state index in [0.29, 0.717) is 6.54 Å². The van der Waals surface area contributed by atoms with Crippen LogP contribution >= 0.6 is 11.3 Å². The SMILES string of the molecule is CCNC(=NCc1ccsc1)NCCCOCCc1ccccc1. The van der Waals surface area contributed by atoms with E-state index < -0.39 is 0 Å². The average Bonchev–Trinajstić information content (AvgIpc) is 3.13. The quantitative estimate of drug-likeness (QED) is 0.394. The molecular formula is C19H27N3OS. The highest BCUT2D eigenvalue weighted by atomic mass is 32.1. The van der Waals surface area contributed by atoms with Crippen LogP contribution in [0.3, 0.4) is 0 Å². The summed E-state index contributed by atoms with van der Waals surface area (Å²) in [7, 11) is 0. The van der Waals surface area contributed by atoms with Crippen molar-refractivity contribution in [3.05, 3.63) is 58.3 Å². The number of hydrogen-bond donors (Lipinski definition) is 2. The van der Waals surface area contributed by atoms with Crippen molar-refractivity contribution in [3.8, 4) is 0 Å². The van der Waals surface area contributed by atoms with E-state index in [-0.39, 0.29) is 0 Å². The lowest BCUT2D eigenvalue weighted by Gasteiger charge is -2.11. The van der Waals surface area contributed by atoms with Crippen LogP contribution in [0.15, 0.2) is 52.2 Å². The summed E-state index contributed by atoms with van der Waals surface area (Å²) in [4.78, 5) is 4.59. The van der Waals surface area contributed by atoms with Gasteiger partial charge in [0.1, 0.15) is 0 Å². The van der Waals surface area contributed by atoms with Crippen molar-refractivity contribution in [1.29, 1.82) is 0 Å². The van der Waals surface area contributed by atoms with Gasteiger partial charge in [-0.3, -0.25) is 0 Å². The molecule has 0 unspecified atom stereocenters. The third-order valence-electron chi connectivity index (χ3n) is 3.48. The van der Waals surface area contributed by atoms with Crippen LogP contribution in [-0.4, -0.2) is 32.3 Å². The fourth-order valence-corrected chi connectivity index (χ4v) is 2.87. The maximum Gasteiger partial charge on any atom is 0.191 e. The second kappa shape index (κ2) is 11.6. The molecule has 2 N–H and O–H groups in total. The standard InChI is InChI=1S/C19H27N3OS/c1-2-20-19(22-15-18-10-14-24-16-18)21-11-6-12-23-13-9-17-7-4-3-5-8-17/h3-5,7-8,10,14,16H,2,6,9,11-13,15H2,1H3,(H2,20,21,22). The van der Waals surface area contributed by atoms with E-state index >= 15 is 0 Å². The van der Waals surface area contributed by atoms with Gasteiger partial charge in [0.25, 0.3) is 0 Å². The number of benzene rings is 1. The summed E-state index contributed by atoms with van der Waals surface area (Å²) in [5.74, 6) is 0.869. The van der Waals surface area contributed by atoms with Crippen molar-refractivity contribution in [1.82, 2.24) is 10.6 Å². The van der Waals surface area contributed by atoms with E-state index in [9.17, 15) is 0 Å². The molecule has 0 amide bonds. The second-order valence-electron chi connectivity index (χ2n) is 5.46. The van der Waals surface area contributed by atoms with E-state index in [1.807, 2.05) is 6.07 Å². The molecule has 0 saturated carbocycles. The van der Waals surface area contributed by atoms with Crippen molar-refractivity contribution in [2.45, 2.75) is 26.3 Å². The van der Waals surface area contributed by atoms with Crippen LogP contribution in [0.25, 0.3) is 0 Å². The molecule has 0 aliphatic heterocycles. The van der Waals surface area contributed by atoms with E-state index in [4.69, 9.17) is 4.74 Å². The van der Waals surface area contributed by atoms with Crippen molar-refractivity contribution in [2.24, 2.45) is 4.99 Å². The Morgan fingerprint density at radius 3 is 2.71 bits per heavy atom. The zero-order valence-electron chi connectivity index (χ0n) is 14.3. The van der Waals surface area contributed by atoms with Gasteiger partial charge in [0.2, 0.25) is 0 Å². The molecule has 130 valence electrons. The van der Waals surface area contributed by atoms with Crippen LogP contribution < -0.4 is 10.6 Å². The molecule has 1 heterocycles. The molecule has 0 atom stereocenters. The van der Waals surface area contributed by atoms with Gasteiger partial charge >= 0.3 is 0 Å². The molecular weight excluding hydrogens is 318 g/mol. The number of thiophene rings is 1. The Morgan fingerprint density at radius 1 is 1.08 bits per heavy atom. The first-order chi connectivity index (χ1) is 11.9. The largest absolute Gasteiger partial charge is 0.381 e. The molecule has 0 radical (unpaired) electrons. The zero-order valence-corrected chi connectivity index (χ0v) is 15.1. The predicted octanol–water partition coefficient (Wildman–Crippen LogP) is 3.45. The Balaban J connectivity index is 1.56. The predicted molar refractivity (Wildman–Crippen MR) is 103 cm³/mol. The first-order valence-electron chi connectivity index (χ1n) is 8.53. The monoisotopic (exact) mass is 345 g/mol. The Labute approximate surface area is 149 Å². The van der Waals surface area contributed by atoms with Gasteiger partial charge in [-0.25, -0.2) is 4.99 Å². The molecule has 0 aliphatic rings. The van der Waals surface area contributed by atoms with E-state index in [2.05, 4.69) is 63.6 Å². The van der Waals surface area contributed by atoms with Gasteiger partial charge in [-0.15, -0.1) is 0 Å². The summed E-state index contributed by atoms with van der Waals surface area (Å²) in [6.07, 6.45) is 1.94. The summed E-state index contributed by atoms with van der Waals surface area (Å²) in [5.41, 5.74) is 2.58. The van der Waals surface area contributed by atoms with Gasteiger partial charge in [0, 0.05) is 19.7 Å². The summed E-state index contributed by atoms with van der Waals surface area (Å²) < 4.78 is 5.70. The first-order valence-corrected chi connectivity index (χ1v) is 9.47. The highest BCUT2D eigenvalue weighted by molar-refractivity contribution is 7.07.